The number of rotatable bonds is 7. The summed E-state index contributed by atoms with van der Waals surface area (Å²) in [7, 11) is 0. The summed E-state index contributed by atoms with van der Waals surface area (Å²) in [6, 6.07) is 5.15. The number of carbonyl (C=O) groups is 1. The first kappa shape index (κ1) is 23.5. The van der Waals surface area contributed by atoms with Gasteiger partial charge in [0, 0.05) is 23.3 Å². The molecule has 172 valence electrons. The number of hydrogen-bond donors (Lipinski definition) is 5. The molecule has 3 rings (SSSR count). The summed E-state index contributed by atoms with van der Waals surface area (Å²) in [6.45, 7) is 9.34. The van der Waals surface area contributed by atoms with Gasteiger partial charge >= 0.3 is 0 Å². The second kappa shape index (κ2) is 8.74. The van der Waals surface area contributed by atoms with Crippen LogP contribution in [0.1, 0.15) is 67.6 Å². The average Bonchev–Trinajstić information content (AvgIpc) is 2.65. The number of phenols is 4. The molecule has 0 saturated heterocycles. The van der Waals surface area contributed by atoms with Crippen LogP contribution in [0.4, 0.5) is 0 Å². The molecule has 0 aliphatic carbocycles. The highest BCUT2D eigenvalue weighted by atomic mass is 16.5. The Hall–Kier alpha value is -3.19. The summed E-state index contributed by atoms with van der Waals surface area (Å²) in [6.07, 6.45) is 0.433. The van der Waals surface area contributed by atoms with Gasteiger partial charge in [-0.3, -0.25) is 4.79 Å². The van der Waals surface area contributed by atoms with Gasteiger partial charge in [0.15, 0.2) is 5.78 Å². The third-order valence-corrected chi connectivity index (χ3v) is 5.86. The van der Waals surface area contributed by atoms with E-state index < -0.39 is 11.7 Å². The van der Waals surface area contributed by atoms with Gasteiger partial charge in [-0.1, -0.05) is 12.2 Å². The summed E-state index contributed by atoms with van der Waals surface area (Å²) in [4.78, 5) is 12.9. The smallest absolute Gasteiger partial charge is 0.174 e. The van der Waals surface area contributed by atoms with Gasteiger partial charge in [-0.25, -0.2) is 0 Å². The minimum absolute atomic E-state index is 0.00438. The lowest BCUT2D eigenvalue weighted by atomic mass is 9.84. The molecule has 2 unspecified atom stereocenters. The molecule has 0 radical (unpaired) electrons. The molecule has 2 aromatic carbocycles. The number of aromatic hydroxyl groups is 4. The molecule has 0 amide bonds. The average molecular weight is 443 g/mol. The number of allylic oxidation sites excluding steroid dienone is 1. The van der Waals surface area contributed by atoms with Crippen LogP contribution in [0, 0.1) is 5.92 Å². The number of fused-ring (bicyclic) bond motifs is 1. The van der Waals surface area contributed by atoms with Crippen molar-refractivity contribution in [2.75, 3.05) is 0 Å². The molecule has 0 saturated carbocycles. The third kappa shape index (κ3) is 4.99. The zero-order valence-corrected chi connectivity index (χ0v) is 18.6. The molecule has 0 fully saturated rings. The number of benzene rings is 2. The first-order valence-corrected chi connectivity index (χ1v) is 10.5. The Labute approximate surface area is 187 Å². The fraction of sp³-hybridized carbons (Fsp3) is 0.400. The summed E-state index contributed by atoms with van der Waals surface area (Å²) in [5.74, 6) is -1.34. The van der Waals surface area contributed by atoms with Crippen LogP contribution in [0.3, 0.4) is 0 Å². The lowest BCUT2D eigenvalue weighted by Crippen LogP contribution is -2.23. The van der Waals surface area contributed by atoms with E-state index in [9.17, 15) is 30.3 Å². The SMILES string of the molecule is C=C(C)C(CCC(C)(C)O)Cc1c(O)cc(O)c2c1OC(c1ccc(O)cc1O)CC2=O. The van der Waals surface area contributed by atoms with Gasteiger partial charge < -0.3 is 30.3 Å². The van der Waals surface area contributed by atoms with E-state index in [2.05, 4.69) is 6.58 Å². The van der Waals surface area contributed by atoms with E-state index in [0.717, 1.165) is 17.7 Å². The van der Waals surface area contributed by atoms with E-state index >= 15 is 0 Å². The van der Waals surface area contributed by atoms with Crippen LogP contribution in [0.5, 0.6) is 28.7 Å². The third-order valence-electron chi connectivity index (χ3n) is 5.86. The molecule has 7 heteroatoms. The van der Waals surface area contributed by atoms with E-state index in [1.807, 2.05) is 6.92 Å². The van der Waals surface area contributed by atoms with Crippen molar-refractivity contribution in [2.45, 2.75) is 58.2 Å². The van der Waals surface area contributed by atoms with E-state index in [0.29, 0.717) is 30.4 Å². The Morgan fingerprint density at radius 1 is 1.16 bits per heavy atom. The number of carbonyl (C=O) groups excluding carboxylic acids is 1. The molecular weight excluding hydrogens is 412 g/mol. The molecule has 7 nitrogen and oxygen atoms in total. The van der Waals surface area contributed by atoms with E-state index in [4.69, 9.17) is 4.74 Å². The fourth-order valence-electron chi connectivity index (χ4n) is 4.00. The van der Waals surface area contributed by atoms with Crippen molar-refractivity contribution < 1.29 is 35.1 Å². The van der Waals surface area contributed by atoms with Crippen LogP contribution < -0.4 is 4.74 Å². The van der Waals surface area contributed by atoms with E-state index in [1.165, 1.54) is 12.1 Å². The molecule has 1 heterocycles. The Balaban J connectivity index is 2.02. The van der Waals surface area contributed by atoms with Crippen LogP contribution in [-0.2, 0) is 6.42 Å². The second-order valence-corrected chi connectivity index (χ2v) is 9.17. The monoisotopic (exact) mass is 442 g/mol. The molecule has 1 aliphatic heterocycles. The van der Waals surface area contributed by atoms with Crippen LogP contribution in [-0.4, -0.2) is 36.9 Å². The number of aliphatic hydroxyl groups is 1. The van der Waals surface area contributed by atoms with Gasteiger partial charge in [0.1, 0.15) is 40.4 Å². The number of ketones is 1. The minimum atomic E-state index is -0.863. The summed E-state index contributed by atoms with van der Waals surface area (Å²) in [5.41, 5.74) is 0.658. The largest absolute Gasteiger partial charge is 0.508 e. The van der Waals surface area contributed by atoms with Crippen molar-refractivity contribution >= 4 is 5.78 Å². The Bertz CT molecular complexity index is 1050. The van der Waals surface area contributed by atoms with Gasteiger partial charge in [-0.15, -0.1) is 0 Å². The minimum Gasteiger partial charge on any atom is -0.508 e. The first-order chi connectivity index (χ1) is 14.9. The summed E-state index contributed by atoms with van der Waals surface area (Å²) in [5, 5.41) is 50.9. The second-order valence-electron chi connectivity index (χ2n) is 9.17. The van der Waals surface area contributed by atoms with Crippen molar-refractivity contribution in [1.29, 1.82) is 0 Å². The highest BCUT2D eigenvalue weighted by molar-refractivity contribution is 6.03. The van der Waals surface area contributed by atoms with Crippen LogP contribution in [0.25, 0.3) is 0 Å². The zero-order valence-electron chi connectivity index (χ0n) is 18.6. The highest BCUT2D eigenvalue weighted by Gasteiger charge is 2.35. The number of Topliss-reactive ketones (excluding diaryl/α,β-unsaturated/α-hetero) is 1. The van der Waals surface area contributed by atoms with Gasteiger partial charge in [-0.2, -0.15) is 0 Å². The van der Waals surface area contributed by atoms with Gasteiger partial charge in [-0.05, 0) is 58.1 Å². The fourth-order valence-corrected chi connectivity index (χ4v) is 4.00. The first-order valence-electron chi connectivity index (χ1n) is 10.5. The van der Waals surface area contributed by atoms with Gasteiger partial charge in [0.05, 0.1) is 12.0 Å². The molecule has 2 aromatic rings. The quantitative estimate of drug-likeness (QED) is 0.399. The molecule has 1 aliphatic rings. The maximum atomic E-state index is 12.9. The van der Waals surface area contributed by atoms with Crippen LogP contribution in [0.2, 0.25) is 0 Å². The molecule has 0 spiro atoms. The Morgan fingerprint density at radius 2 is 1.84 bits per heavy atom. The predicted octanol–water partition coefficient (Wildman–Crippen LogP) is 4.50. The lowest BCUT2D eigenvalue weighted by Gasteiger charge is -2.30. The normalized spacial score (nSPS) is 16.9. The zero-order chi connectivity index (χ0) is 23.8. The molecule has 2 atom stereocenters. The molecule has 0 aromatic heterocycles. The van der Waals surface area contributed by atoms with Crippen LogP contribution >= 0.6 is 0 Å². The van der Waals surface area contributed by atoms with Gasteiger partial charge in [0.25, 0.3) is 0 Å². The highest BCUT2D eigenvalue weighted by Crippen LogP contribution is 2.47. The number of phenolic OH excluding ortho intramolecular Hbond substituents is 4. The standard InChI is InChI=1S/C25H30O7/c1-13(2)14(7-8-25(3,4)31)9-17-19(28)11-20(29)23-21(30)12-22(32-24(17)23)16-6-5-15(26)10-18(16)27/h5-6,10-11,14,22,26-29,31H,1,7-9,12H2,2-4H3. The van der Waals surface area contributed by atoms with Gasteiger partial charge in [0.2, 0.25) is 0 Å². The van der Waals surface area contributed by atoms with Crippen LogP contribution in [0.15, 0.2) is 36.4 Å². The maximum Gasteiger partial charge on any atom is 0.174 e. The predicted molar refractivity (Wildman–Crippen MR) is 119 cm³/mol. The summed E-state index contributed by atoms with van der Waals surface area (Å²) >= 11 is 0. The molecule has 32 heavy (non-hydrogen) atoms. The Morgan fingerprint density at radius 3 is 2.44 bits per heavy atom. The van der Waals surface area contributed by atoms with E-state index in [-0.39, 0.29) is 52.4 Å². The maximum absolute atomic E-state index is 12.9. The molecule has 0 bridgehead atoms. The number of hydrogen-bond acceptors (Lipinski definition) is 7. The molecule has 5 N–H and O–H groups in total. The summed E-state index contributed by atoms with van der Waals surface area (Å²) < 4.78 is 6.07. The van der Waals surface area contributed by atoms with Crippen molar-refractivity contribution in [3.63, 3.8) is 0 Å². The van der Waals surface area contributed by atoms with Crippen molar-refractivity contribution in [2.24, 2.45) is 5.92 Å². The topological polar surface area (TPSA) is 127 Å². The lowest BCUT2D eigenvalue weighted by molar-refractivity contribution is 0.0650. The van der Waals surface area contributed by atoms with E-state index in [1.54, 1.807) is 13.8 Å². The Kier molecular flexibility index (Phi) is 6.41. The van der Waals surface area contributed by atoms with Crippen molar-refractivity contribution in [3.8, 4) is 28.7 Å². The van der Waals surface area contributed by atoms with Crippen molar-refractivity contribution in [3.05, 3.63) is 53.1 Å². The van der Waals surface area contributed by atoms with Crippen molar-refractivity contribution in [1.82, 2.24) is 0 Å². The molecular formula is C25H30O7. The number of ether oxygens (including phenoxy) is 1.